The molecule has 13 heavy (non-hydrogen) atoms. The molecule has 0 saturated carbocycles. The predicted octanol–water partition coefficient (Wildman–Crippen LogP) is 2.59. The normalized spacial score (nSPS) is 24.3. The Hall–Kier alpha value is -0.730. The highest BCUT2D eigenvalue weighted by Crippen LogP contribution is 2.26. The first-order valence-electron chi connectivity index (χ1n) is 4.98. The molecular formula is C10H18O3. The van der Waals surface area contributed by atoms with Gasteiger partial charge in [0.25, 0.3) is 0 Å². The Labute approximate surface area is 79.4 Å². The first kappa shape index (κ1) is 10.4. The lowest BCUT2D eigenvalue weighted by atomic mass is 9.87. The predicted molar refractivity (Wildman–Crippen MR) is 49.5 cm³/mol. The van der Waals surface area contributed by atoms with E-state index in [1.54, 1.807) is 0 Å². The van der Waals surface area contributed by atoms with Crippen molar-refractivity contribution < 1.29 is 14.3 Å². The molecule has 76 valence electrons. The van der Waals surface area contributed by atoms with Crippen LogP contribution < -0.4 is 0 Å². The van der Waals surface area contributed by atoms with Gasteiger partial charge in [0.15, 0.2) is 0 Å². The minimum Gasteiger partial charge on any atom is -0.430 e. The summed E-state index contributed by atoms with van der Waals surface area (Å²) in [6, 6.07) is 0. The Morgan fingerprint density at radius 3 is 2.62 bits per heavy atom. The Morgan fingerprint density at radius 2 is 2.23 bits per heavy atom. The third-order valence-electron chi connectivity index (χ3n) is 2.57. The van der Waals surface area contributed by atoms with Gasteiger partial charge >= 0.3 is 6.16 Å². The highest BCUT2D eigenvalue weighted by Gasteiger charge is 2.33. The van der Waals surface area contributed by atoms with Crippen molar-refractivity contribution in [1.82, 2.24) is 0 Å². The van der Waals surface area contributed by atoms with Crippen LogP contribution in [0.5, 0.6) is 0 Å². The minimum absolute atomic E-state index is 0.0209. The van der Waals surface area contributed by atoms with Crippen LogP contribution in [-0.4, -0.2) is 18.9 Å². The lowest BCUT2D eigenvalue weighted by Gasteiger charge is -2.23. The molecule has 0 amide bonds. The zero-order chi connectivity index (χ0) is 9.84. The standard InChI is InChI=1S/C10H18O3/c1-4-5-8(7(2)3)9-6-12-10(11)13-9/h7-9H,4-6H2,1-3H3. The van der Waals surface area contributed by atoms with Crippen LogP contribution in [-0.2, 0) is 9.47 Å². The van der Waals surface area contributed by atoms with Crippen molar-refractivity contribution in [2.45, 2.75) is 39.7 Å². The van der Waals surface area contributed by atoms with Gasteiger partial charge in [-0.05, 0) is 12.3 Å². The van der Waals surface area contributed by atoms with E-state index in [4.69, 9.17) is 9.47 Å². The fourth-order valence-electron chi connectivity index (χ4n) is 1.83. The number of ether oxygens (including phenoxy) is 2. The highest BCUT2D eigenvalue weighted by molar-refractivity contribution is 5.61. The quantitative estimate of drug-likeness (QED) is 0.633. The number of carbonyl (C=O) groups excluding carboxylic acids is 1. The molecule has 0 N–H and O–H groups in total. The van der Waals surface area contributed by atoms with Gasteiger partial charge in [0.1, 0.15) is 12.7 Å². The molecule has 2 unspecified atom stereocenters. The minimum atomic E-state index is -0.508. The van der Waals surface area contributed by atoms with E-state index >= 15 is 0 Å². The molecule has 1 saturated heterocycles. The van der Waals surface area contributed by atoms with E-state index in [-0.39, 0.29) is 6.10 Å². The number of hydrogen-bond donors (Lipinski definition) is 0. The zero-order valence-corrected chi connectivity index (χ0v) is 8.58. The molecule has 0 aromatic heterocycles. The van der Waals surface area contributed by atoms with Crippen LogP contribution in [0.2, 0.25) is 0 Å². The summed E-state index contributed by atoms with van der Waals surface area (Å²) in [7, 11) is 0. The van der Waals surface area contributed by atoms with Crippen LogP contribution in [0.1, 0.15) is 33.6 Å². The third-order valence-corrected chi connectivity index (χ3v) is 2.57. The topological polar surface area (TPSA) is 35.5 Å². The van der Waals surface area contributed by atoms with Crippen molar-refractivity contribution >= 4 is 6.16 Å². The first-order valence-corrected chi connectivity index (χ1v) is 4.98. The van der Waals surface area contributed by atoms with Gasteiger partial charge in [-0.3, -0.25) is 0 Å². The van der Waals surface area contributed by atoms with Crippen molar-refractivity contribution in [3.63, 3.8) is 0 Å². The van der Waals surface area contributed by atoms with Crippen molar-refractivity contribution in [3.05, 3.63) is 0 Å². The van der Waals surface area contributed by atoms with E-state index in [0.717, 1.165) is 12.8 Å². The molecule has 3 nitrogen and oxygen atoms in total. The average Bonchev–Trinajstić information content (AvgIpc) is 2.46. The monoisotopic (exact) mass is 186 g/mol. The second kappa shape index (κ2) is 4.49. The maximum absolute atomic E-state index is 10.7. The number of carbonyl (C=O) groups is 1. The Morgan fingerprint density at radius 1 is 1.54 bits per heavy atom. The molecule has 3 heteroatoms. The summed E-state index contributed by atoms with van der Waals surface area (Å²) < 4.78 is 9.86. The van der Waals surface area contributed by atoms with Crippen LogP contribution in [0, 0.1) is 11.8 Å². The molecule has 1 fully saturated rings. The van der Waals surface area contributed by atoms with Crippen molar-refractivity contribution in [1.29, 1.82) is 0 Å². The Kier molecular flexibility index (Phi) is 3.58. The molecule has 2 atom stereocenters. The van der Waals surface area contributed by atoms with Crippen molar-refractivity contribution in [3.8, 4) is 0 Å². The van der Waals surface area contributed by atoms with E-state index in [9.17, 15) is 4.79 Å². The van der Waals surface area contributed by atoms with Crippen LogP contribution in [0.15, 0.2) is 0 Å². The fourth-order valence-corrected chi connectivity index (χ4v) is 1.83. The smallest absolute Gasteiger partial charge is 0.430 e. The summed E-state index contributed by atoms with van der Waals surface area (Å²) in [5.41, 5.74) is 0. The second-order valence-corrected chi connectivity index (χ2v) is 3.91. The third kappa shape index (κ3) is 2.61. The van der Waals surface area contributed by atoms with Crippen LogP contribution in [0.4, 0.5) is 4.79 Å². The molecule has 0 aromatic rings. The lowest BCUT2D eigenvalue weighted by molar-refractivity contribution is 0.0799. The number of cyclic esters (lactones) is 2. The fraction of sp³-hybridized carbons (Fsp3) is 0.900. The zero-order valence-electron chi connectivity index (χ0n) is 8.58. The van der Waals surface area contributed by atoms with Gasteiger partial charge in [-0.25, -0.2) is 4.79 Å². The number of rotatable bonds is 4. The molecule has 0 bridgehead atoms. The van der Waals surface area contributed by atoms with E-state index in [2.05, 4.69) is 20.8 Å². The molecule has 0 radical (unpaired) electrons. The van der Waals surface area contributed by atoms with Gasteiger partial charge in [0, 0.05) is 5.92 Å². The molecule has 1 aliphatic heterocycles. The maximum Gasteiger partial charge on any atom is 0.508 e. The van der Waals surface area contributed by atoms with Crippen LogP contribution >= 0.6 is 0 Å². The molecule has 0 aliphatic carbocycles. The summed E-state index contributed by atoms with van der Waals surface area (Å²) in [6.07, 6.45) is 1.69. The number of hydrogen-bond acceptors (Lipinski definition) is 3. The van der Waals surface area contributed by atoms with E-state index < -0.39 is 6.16 Å². The molecule has 1 rings (SSSR count). The van der Waals surface area contributed by atoms with E-state index in [0.29, 0.717) is 18.4 Å². The second-order valence-electron chi connectivity index (χ2n) is 3.91. The Balaban J connectivity index is 2.49. The molecule has 1 heterocycles. The summed E-state index contributed by atoms with van der Waals surface area (Å²) in [5, 5.41) is 0. The van der Waals surface area contributed by atoms with Gasteiger partial charge in [-0.2, -0.15) is 0 Å². The van der Waals surface area contributed by atoms with Gasteiger partial charge in [0.05, 0.1) is 0 Å². The molecule has 0 aromatic carbocycles. The van der Waals surface area contributed by atoms with Crippen molar-refractivity contribution in [2.75, 3.05) is 6.61 Å². The lowest BCUT2D eigenvalue weighted by Crippen LogP contribution is -2.27. The van der Waals surface area contributed by atoms with Crippen LogP contribution in [0.3, 0.4) is 0 Å². The summed E-state index contributed by atoms with van der Waals surface area (Å²) in [4.78, 5) is 10.7. The van der Waals surface area contributed by atoms with Gasteiger partial charge < -0.3 is 9.47 Å². The maximum atomic E-state index is 10.7. The average molecular weight is 186 g/mol. The SMILES string of the molecule is CCCC(C(C)C)C1COC(=O)O1. The molecule has 1 aliphatic rings. The molecular weight excluding hydrogens is 168 g/mol. The van der Waals surface area contributed by atoms with Gasteiger partial charge in [-0.15, -0.1) is 0 Å². The van der Waals surface area contributed by atoms with Crippen molar-refractivity contribution in [2.24, 2.45) is 11.8 Å². The first-order chi connectivity index (χ1) is 6.15. The van der Waals surface area contributed by atoms with Gasteiger partial charge in [-0.1, -0.05) is 27.2 Å². The Bertz CT molecular complexity index is 177. The van der Waals surface area contributed by atoms with E-state index in [1.165, 1.54) is 0 Å². The summed E-state index contributed by atoms with van der Waals surface area (Å²) in [6.45, 7) is 6.90. The van der Waals surface area contributed by atoms with E-state index in [1.807, 2.05) is 0 Å². The van der Waals surface area contributed by atoms with Crippen LogP contribution in [0.25, 0.3) is 0 Å². The summed E-state index contributed by atoms with van der Waals surface area (Å²) in [5.74, 6) is 0.982. The highest BCUT2D eigenvalue weighted by atomic mass is 16.8. The molecule has 0 spiro atoms. The van der Waals surface area contributed by atoms with Gasteiger partial charge in [0.2, 0.25) is 0 Å². The largest absolute Gasteiger partial charge is 0.508 e. The summed E-state index contributed by atoms with van der Waals surface area (Å²) >= 11 is 0.